The maximum absolute atomic E-state index is 12.9. The fraction of sp³-hybridized carbons (Fsp3) is 0.680. The van der Waals surface area contributed by atoms with Crippen molar-refractivity contribution < 1.29 is 14.3 Å². The number of hydrogen-bond donors (Lipinski definition) is 3. The number of carbonyl (C=O) groups excluding carboxylic acids is 2. The Labute approximate surface area is 185 Å². The van der Waals surface area contributed by atoms with E-state index in [1.165, 1.54) is 31.9 Å². The molecule has 4 aliphatic carbocycles. The van der Waals surface area contributed by atoms with E-state index in [4.69, 9.17) is 10.5 Å². The van der Waals surface area contributed by atoms with Crippen molar-refractivity contribution in [1.82, 2.24) is 10.6 Å². The van der Waals surface area contributed by atoms with Gasteiger partial charge in [0.05, 0.1) is 12.7 Å². The lowest BCUT2D eigenvalue weighted by molar-refractivity contribution is -0.0136. The second kappa shape index (κ2) is 9.60. The molecular formula is C25H37N3O3. The van der Waals surface area contributed by atoms with Gasteiger partial charge < -0.3 is 21.1 Å². The molecule has 1 unspecified atom stereocenters. The number of amides is 2. The molecular weight excluding hydrogens is 390 g/mol. The van der Waals surface area contributed by atoms with Gasteiger partial charge in [-0.15, -0.1) is 0 Å². The van der Waals surface area contributed by atoms with Crippen LogP contribution in [0.4, 0.5) is 4.79 Å². The maximum atomic E-state index is 12.9. The SMILES string of the molecule is COC(=O)c1ccc(CCCC(CCN)NC(=O)NC23CC4CC(CC(C4)C2)C3)cc1. The Kier molecular flexibility index (Phi) is 6.85. The molecule has 0 heterocycles. The molecule has 4 bridgehead atoms. The Morgan fingerprint density at radius 1 is 1.06 bits per heavy atom. The maximum Gasteiger partial charge on any atom is 0.337 e. The first-order valence-corrected chi connectivity index (χ1v) is 11.9. The van der Waals surface area contributed by atoms with E-state index in [2.05, 4.69) is 10.6 Å². The van der Waals surface area contributed by atoms with Crippen molar-refractivity contribution in [3.63, 3.8) is 0 Å². The topological polar surface area (TPSA) is 93.4 Å². The lowest BCUT2D eigenvalue weighted by atomic mass is 9.53. The molecule has 6 heteroatoms. The van der Waals surface area contributed by atoms with Gasteiger partial charge in [-0.2, -0.15) is 0 Å². The third kappa shape index (κ3) is 5.40. The molecule has 31 heavy (non-hydrogen) atoms. The number of hydrogen-bond acceptors (Lipinski definition) is 4. The molecule has 6 nitrogen and oxygen atoms in total. The molecule has 0 spiro atoms. The highest BCUT2D eigenvalue weighted by Crippen LogP contribution is 2.55. The van der Waals surface area contributed by atoms with Gasteiger partial charge in [0.25, 0.3) is 0 Å². The Hall–Kier alpha value is -2.08. The zero-order valence-electron chi connectivity index (χ0n) is 18.7. The number of ether oxygens (including phenoxy) is 1. The smallest absolute Gasteiger partial charge is 0.337 e. The lowest BCUT2D eigenvalue weighted by Gasteiger charge is -2.56. The average Bonchev–Trinajstić information content (AvgIpc) is 2.72. The highest BCUT2D eigenvalue weighted by molar-refractivity contribution is 5.89. The number of esters is 1. The number of aryl methyl sites for hydroxylation is 1. The Balaban J connectivity index is 1.25. The molecule has 4 saturated carbocycles. The van der Waals surface area contributed by atoms with Gasteiger partial charge in [0.1, 0.15) is 0 Å². The number of urea groups is 1. The lowest BCUT2D eigenvalue weighted by Crippen LogP contribution is -2.62. The minimum atomic E-state index is -0.316. The van der Waals surface area contributed by atoms with E-state index in [-0.39, 0.29) is 23.6 Å². The van der Waals surface area contributed by atoms with Gasteiger partial charge in [-0.25, -0.2) is 9.59 Å². The number of nitrogens with two attached hydrogens (primary N) is 1. The van der Waals surface area contributed by atoms with E-state index in [0.717, 1.165) is 62.7 Å². The van der Waals surface area contributed by atoms with Gasteiger partial charge >= 0.3 is 12.0 Å². The fourth-order valence-corrected chi connectivity index (χ4v) is 6.69. The summed E-state index contributed by atoms with van der Waals surface area (Å²) in [7, 11) is 1.39. The summed E-state index contributed by atoms with van der Waals surface area (Å²) in [4.78, 5) is 24.4. The summed E-state index contributed by atoms with van der Waals surface area (Å²) in [5.74, 6) is 2.13. The summed E-state index contributed by atoms with van der Waals surface area (Å²) in [6.45, 7) is 0.566. The second-order valence-corrected chi connectivity index (χ2v) is 10.2. The van der Waals surface area contributed by atoms with E-state index in [1.54, 1.807) is 12.1 Å². The fourth-order valence-electron chi connectivity index (χ4n) is 6.69. The monoisotopic (exact) mass is 427 g/mol. The molecule has 4 fully saturated rings. The van der Waals surface area contributed by atoms with Crippen LogP contribution in [0.3, 0.4) is 0 Å². The van der Waals surface area contributed by atoms with Crippen LogP contribution in [0.25, 0.3) is 0 Å². The molecule has 0 aliphatic heterocycles. The molecule has 4 aliphatic rings. The van der Waals surface area contributed by atoms with Crippen LogP contribution >= 0.6 is 0 Å². The molecule has 4 N–H and O–H groups in total. The van der Waals surface area contributed by atoms with Crippen molar-refractivity contribution in [2.75, 3.05) is 13.7 Å². The standard InChI is InChI=1S/C25H37N3O3/c1-31-23(29)21-7-5-17(6-8-21)3-2-4-22(9-10-26)27-24(30)28-25-14-18-11-19(15-25)13-20(12-18)16-25/h5-8,18-20,22H,2-4,9-16,26H2,1H3,(H2,27,28,30). The van der Waals surface area contributed by atoms with Crippen LogP contribution < -0.4 is 16.4 Å². The second-order valence-electron chi connectivity index (χ2n) is 10.2. The number of nitrogens with one attached hydrogen (secondary N) is 2. The van der Waals surface area contributed by atoms with Gasteiger partial charge in [-0.05, 0) is 106 Å². The molecule has 0 radical (unpaired) electrons. The van der Waals surface area contributed by atoms with E-state index in [9.17, 15) is 9.59 Å². The average molecular weight is 428 g/mol. The van der Waals surface area contributed by atoms with Crippen LogP contribution in [0.1, 0.15) is 73.7 Å². The van der Waals surface area contributed by atoms with Crippen LogP contribution in [0.5, 0.6) is 0 Å². The Morgan fingerprint density at radius 3 is 2.23 bits per heavy atom. The van der Waals surface area contributed by atoms with E-state index >= 15 is 0 Å². The summed E-state index contributed by atoms with van der Waals surface area (Å²) >= 11 is 0. The highest BCUT2D eigenvalue weighted by Gasteiger charge is 2.51. The first-order chi connectivity index (χ1) is 15.0. The minimum absolute atomic E-state index is 0.0113. The minimum Gasteiger partial charge on any atom is -0.465 e. The van der Waals surface area contributed by atoms with Gasteiger partial charge in [0.2, 0.25) is 0 Å². The van der Waals surface area contributed by atoms with Gasteiger partial charge in [0.15, 0.2) is 0 Å². The van der Waals surface area contributed by atoms with Crippen molar-refractivity contribution in [3.8, 4) is 0 Å². The first kappa shape index (κ1) is 22.1. The van der Waals surface area contributed by atoms with Crippen molar-refractivity contribution in [1.29, 1.82) is 0 Å². The Morgan fingerprint density at radius 2 is 1.68 bits per heavy atom. The van der Waals surface area contributed by atoms with Crippen LogP contribution in [-0.2, 0) is 11.2 Å². The molecule has 170 valence electrons. The van der Waals surface area contributed by atoms with Crippen LogP contribution in [0.15, 0.2) is 24.3 Å². The van der Waals surface area contributed by atoms with Crippen LogP contribution in [-0.4, -0.2) is 37.2 Å². The van der Waals surface area contributed by atoms with Gasteiger partial charge in [-0.1, -0.05) is 12.1 Å². The number of benzene rings is 1. The summed E-state index contributed by atoms with van der Waals surface area (Å²) in [6.07, 6.45) is 11.2. The third-order valence-electron chi connectivity index (χ3n) is 7.66. The van der Waals surface area contributed by atoms with Crippen LogP contribution in [0, 0.1) is 17.8 Å². The number of carbonyl (C=O) groups is 2. The number of rotatable bonds is 9. The van der Waals surface area contributed by atoms with E-state index < -0.39 is 0 Å². The third-order valence-corrected chi connectivity index (χ3v) is 7.66. The summed E-state index contributed by atoms with van der Waals surface area (Å²) < 4.78 is 4.74. The van der Waals surface area contributed by atoms with Crippen molar-refractivity contribution in [2.45, 2.75) is 75.8 Å². The quantitative estimate of drug-likeness (QED) is 0.523. The van der Waals surface area contributed by atoms with E-state index in [1.807, 2.05) is 12.1 Å². The molecule has 1 aromatic rings. The zero-order chi connectivity index (χ0) is 21.8. The summed E-state index contributed by atoms with van der Waals surface area (Å²) in [5, 5.41) is 6.63. The largest absolute Gasteiger partial charge is 0.465 e. The molecule has 0 aromatic heterocycles. The van der Waals surface area contributed by atoms with E-state index in [0.29, 0.717) is 12.1 Å². The van der Waals surface area contributed by atoms with Gasteiger partial charge in [-0.3, -0.25) is 0 Å². The van der Waals surface area contributed by atoms with Crippen molar-refractivity contribution in [2.24, 2.45) is 23.5 Å². The summed E-state index contributed by atoms with van der Waals surface area (Å²) in [6, 6.07) is 7.62. The first-order valence-electron chi connectivity index (χ1n) is 11.9. The number of methoxy groups -OCH3 is 1. The van der Waals surface area contributed by atoms with Crippen LogP contribution in [0.2, 0.25) is 0 Å². The molecule has 0 saturated heterocycles. The molecule has 1 atom stereocenters. The normalized spacial score (nSPS) is 29.4. The molecule has 1 aromatic carbocycles. The molecule has 5 rings (SSSR count). The highest BCUT2D eigenvalue weighted by atomic mass is 16.5. The predicted octanol–water partition coefficient (Wildman–Crippen LogP) is 3.78. The van der Waals surface area contributed by atoms with Gasteiger partial charge in [0, 0.05) is 11.6 Å². The van der Waals surface area contributed by atoms with Crippen molar-refractivity contribution in [3.05, 3.63) is 35.4 Å². The summed E-state index contributed by atoms with van der Waals surface area (Å²) in [5.41, 5.74) is 7.60. The van der Waals surface area contributed by atoms with Crippen molar-refractivity contribution >= 4 is 12.0 Å². The predicted molar refractivity (Wildman–Crippen MR) is 121 cm³/mol. The molecule has 2 amide bonds. The Bertz CT molecular complexity index is 741. The zero-order valence-corrected chi connectivity index (χ0v) is 18.7.